The molecule has 1 unspecified atom stereocenters. The lowest BCUT2D eigenvalue weighted by Gasteiger charge is -2.21. The number of nitrogens with zero attached hydrogens (tertiary/aromatic N) is 1. The Morgan fingerprint density at radius 3 is 2.74 bits per heavy atom. The van der Waals surface area contributed by atoms with Crippen molar-refractivity contribution in [1.82, 2.24) is 10.6 Å². The number of rotatable bonds is 1. The Labute approximate surface area is 120 Å². The summed E-state index contributed by atoms with van der Waals surface area (Å²) in [5.41, 5.74) is 2.28. The molecular formula is C12H13BrN3O2S. The predicted octanol–water partition coefficient (Wildman–Crippen LogP) is 1.06. The number of fused-ring (bicyclic) bond motifs is 1. The molecule has 5 nitrogen and oxygen atoms in total. The second-order valence-corrected chi connectivity index (χ2v) is 7.24. The molecule has 1 fully saturated rings. The van der Waals surface area contributed by atoms with E-state index in [1.54, 1.807) is 12.1 Å². The summed E-state index contributed by atoms with van der Waals surface area (Å²) in [6, 6.07) is 8.31. The van der Waals surface area contributed by atoms with Crippen LogP contribution < -0.4 is 14.9 Å². The van der Waals surface area contributed by atoms with Gasteiger partial charge in [-0.3, -0.25) is 0 Å². The molecular weight excluding hydrogens is 330 g/mol. The zero-order chi connectivity index (χ0) is 13.6. The Kier molecular flexibility index (Phi) is 2.98. The summed E-state index contributed by atoms with van der Waals surface area (Å²) < 4.78 is 25.6. The van der Waals surface area contributed by atoms with Crippen LogP contribution in [0.1, 0.15) is 10.4 Å². The van der Waals surface area contributed by atoms with E-state index >= 15 is 0 Å². The minimum absolute atomic E-state index is 0.153. The van der Waals surface area contributed by atoms with Crippen LogP contribution in [0.5, 0.6) is 0 Å². The van der Waals surface area contributed by atoms with Crippen molar-refractivity contribution < 1.29 is 8.42 Å². The first-order chi connectivity index (χ1) is 9.00. The number of hydrogen-bond donors (Lipinski definition) is 2. The standard InChI is InChI=1S/C12H13BrN3O2S/c1-19(17,18)16-9-5-3-2-4-8(9)10(13)11(16)12-14-6-7-15-12/h2,4-5,10,14-15H,6-7H2,1H3. The topological polar surface area (TPSA) is 61.4 Å². The number of allylic oxidation sites excluding steroid dienone is 1. The van der Waals surface area contributed by atoms with Gasteiger partial charge in [-0.05, 0) is 17.7 Å². The summed E-state index contributed by atoms with van der Waals surface area (Å²) in [5, 5.41) is 6.38. The van der Waals surface area contributed by atoms with Crippen molar-refractivity contribution >= 4 is 31.6 Å². The number of sulfonamides is 1. The van der Waals surface area contributed by atoms with E-state index in [0.717, 1.165) is 24.5 Å². The van der Waals surface area contributed by atoms with Crippen molar-refractivity contribution in [1.29, 1.82) is 0 Å². The molecule has 0 aromatic heterocycles. The molecule has 3 rings (SSSR count). The Morgan fingerprint density at radius 2 is 2.11 bits per heavy atom. The molecule has 1 atom stereocenters. The van der Waals surface area contributed by atoms with E-state index in [2.05, 4.69) is 32.6 Å². The van der Waals surface area contributed by atoms with Crippen LogP contribution in [0.25, 0.3) is 0 Å². The van der Waals surface area contributed by atoms with Crippen molar-refractivity contribution in [3.8, 4) is 0 Å². The van der Waals surface area contributed by atoms with Crippen molar-refractivity contribution in [2.45, 2.75) is 4.83 Å². The summed E-state index contributed by atoms with van der Waals surface area (Å²) in [6.07, 6.45) is 1.21. The fraction of sp³-hybridized carbons (Fsp3) is 0.333. The normalized spacial score (nSPS) is 22.2. The van der Waals surface area contributed by atoms with Gasteiger partial charge in [0.15, 0.2) is 0 Å². The largest absolute Gasteiger partial charge is 0.369 e. The van der Waals surface area contributed by atoms with Crippen molar-refractivity contribution in [3.63, 3.8) is 0 Å². The molecule has 2 aliphatic rings. The van der Waals surface area contributed by atoms with E-state index in [-0.39, 0.29) is 4.83 Å². The highest BCUT2D eigenvalue weighted by atomic mass is 79.9. The van der Waals surface area contributed by atoms with Gasteiger partial charge in [-0.2, -0.15) is 0 Å². The van der Waals surface area contributed by atoms with Gasteiger partial charge in [0, 0.05) is 13.1 Å². The van der Waals surface area contributed by atoms with E-state index in [9.17, 15) is 8.42 Å². The average molecular weight is 343 g/mol. The third-order valence-electron chi connectivity index (χ3n) is 3.14. The van der Waals surface area contributed by atoms with Crippen LogP contribution in [0.4, 0.5) is 5.69 Å². The van der Waals surface area contributed by atoms with E-state index in [4.69, 9.17) is 0 Å². The summed E-state index contributed by atoms with van der Waals surface area (Å²) in [4.78, 5) is -0.153. The molecule has 0 saturated carbocycles. The van der Waals surface area contributed by atoms with Crippen LogP contribution in [-0.4, -0.2) is 27.8 Å². The molecule has 0 aliphatic carbocycles. The maximum Gasteiger partial charge on any atom is 0.236 e. The maximum atomic E-state index is 12.1. The predicted molar refractivity (Wildman–Crippen MR) is 77.3 cm³/mol. The van der Waals surface area contributed by atoms with Crippen LogP contribution in [0.2, 0.25) is 0 Å². The Balaban J connectivity index is 2.24. The highest BCUT2D eigenvalue weighted by molar-refractivity contribution is 9.09. The highest BCUT2D eigenvalue weighted by Gasteiger charge is 2.39. The first-order valence-corrected chi connectivity index (χ1v) is 8.63. The molecule has 1 radical (unpaired) electrons. The first-order valence-electron chi connectivity index (χ1n) is 5.86. The molecule has 19 heavy (non-hydrogen) atoms. The van der Waals surface area contributed by atoms with E-state index in [1.165, 1.54) is 10.6 Å². The van der Waals surface area contributed by atoms with E-state index < -0.39 is 10.0 Å². The second kappa shape index (κ2) is 4.42. The van der Waals surface area contributed by atoms with Gasteiger partial charge in [0.2, 0.25) is 10.0 Å². The Bertz CT molecular complexity index is 649. The first kappa shape index (κ1) is 12.8. The summed E-state index contributed by atoms with van der Waals surface area (Å²) in [7, 11) is -3.39. The molecule has 7 heteroatoms. The fourth-order valence-corrected chi connectivity index (χ4v) is 4.43. The minimum atomic E-state index is -3.39. The van der Waals surface area contributed by atoms with Gasteiger partial charge < -0.3 is 10.6 Å². The van der Waals surface area contributed by atoms with Gasteiger partial charge in [-0.25, -0.2) is 12.7 Å². The summed E-state index contributed by atoms with van der Waals surface area (Å²) in [5.74, 6) is 0.767. The number of alkyl halides is 1. The monoisotopic (exact) mass is 342 g/mol. The Hall–Kier alpha value is -1.21. The molecule has 1 saturated heterocycles. The van der Waals surface area contributed by atoms with Crippen LogP contribution >= 0.6 is 15.9 Å². The van der Waals surface area contributed by atoms with Crippen LogP contribution in [0.3, 0.4) is 0 Å². The van der Waals surface area contributed by atoms with Crippen LogP contribution in [-0.2, 0) is 10.0 Å². The van der Waals surface area contributed by atoms with Gasteiger partial charge in [0.1, 0.15) is 5.82 Å². The molecule has 0 spiro atoms. The average Bonchev–Trinajstić information content (AvgIpc) is 2.95. The van der Waals surface area contributed by atoms with E-state index in [0.29, 0.717) is 11.4 Å². The third kappa shape index (κ3) is 2.01. The molecule has 1 aromatic rings. The number of benzene rings is 1. The lowest BCUT2D eigenvalue weighted by Crippen LogP contribution is -2.31. The van der Waals surface area contributed by atoms with Crippen molar-refractivity contribution in [3.05, 3.63) is 41.3 Å². The highest BCUT2D eigenvalue weighted by Crippen LogP contribution is 2.48. The van der Waals surface area contributed by atoms with Crippen molar-refractivity contribution in [2.24, 2.45) is 0 Å². The van der Waals surface area contributed by atoms with E-state index in [1.807, 2.05) is 6.07 Å². The molecule has 0 bridgehead atoms. The number of nitrogens with one attached hydrogen (secondary N) is 2. The number of hydrogen-bond acceptors (Lipinski definition) is 4. The van der Waals surface area contributed by atoms with Crippen molar-refractivity contribution in [2.75, 3.05) is 23.7 Å². The maximum absolute atomic E-state index is 12.1. The Morgan fingerprint density at radius 1 is 1.42 bits per heavy atom. The minimum Gasteiger partial charge on any atom is -0.369 e. The zero-order valence-corrected chi connectivity index (χ0v) is 12.7. The number of anilines is 1. The SMILES string of the molecule is CS(=O)(=O)N1C(=C2NCCN2)C(Br)c2cc[c]cc21. The smallest absolute Gasteiger partial charge is 0.236 e. The molecule has 101 valence electrons. The number of halogens is 1. The molecule has 0 amide bonds. The second-order valence-electron chi connectivity index (χ2n) is 4.49. The third-order valence-corrected chi connectivity index (χ3v) is 5.13. The van der Waals surface area contributed by atoms with Crippen LogP contribution in [0.15, 0.2) is 29.7 Å². The quantitative estimate of drug-likeness (QED) is 0.749. The van der Waals surface area contributed by atoms with Gasteiger partial charge in [-0.15, -0.1) is 0 Å². The lowest BCUT2D eigenvalue weighted by atomic mass is 10.1. The molecule has 2 heterocycles. The molecule has 2 aliphatic heterocycles. The van der Waals surface area contributed by atoms with Gasteiger partial charge in [0.05, 0.1) is 22.5 Å². The summed E-state index contributed by atoms with van der Waals surface area (Å²) in [6.45, 7) is 1.58. The molecule has 1 aromatic carbocycles. The molecule has 2 N–H and O–H groups in total. The summed E-state index contributed by atoms with van der Waals surface area (Å²) >= 11 is 3.59. The van der Waals surface area contributed by atoms with Gasteiger partial charge in [0.25, 0.3) is 0 Å². The van der Waals surface area contributed by atoms with Gasteiger partial charge >= 0.3 is 0 Å². The zero-order valence-electron chi connectivity index (χ0n) is 10.3. The lowest BCUT2D eigenvalue weighted by molar-refractivity contribution is 0.600. The fourth-order valence-electron chi connectivity index (χ4n) is 2.41. The van der Waals surface area contributed by atoms with Gasteiger partial charge in [-0.1, -0.05) is 28.1 Å². The van der Waals surface area contributed by atoms with Crippen LogP contribution in [0, 0.1) is 6.07 Å².